The Kier molecular flexibility index (Phi) is 8.30. The topological polar surface area (TPSA) is 20.3 Å². The summed E-state index contributed by atoms with van der Waals surface area (Å²) in [5, 5.41) is 0. The summed E-state index contributed by atoms with van der Waals surface area (Å²) in [6, 6.07) is 0.443. The highest BCUT2D eigenvalue weighted by molar-refractivity contribution is 5.81. The van der Waals surface area contributed by atoms with Gasteiger partial charge in [-0.1, -0.05) is 60.8 Å². The number of rotatable bonds is 8. The van der Waals surface area contributed by atoms with E-state index in [1.54, 1.807) is 0 Å². The molecular formula is C16H33NO. The van der Waals surface area contributed by atoms with E-state index in [4.69, 9.17) is 0 Å². The molecular weight excluding hydrogens is 222 g/mol. The molecule has 0 radical (unpaired) electrons. The molecule has 0 saturated heterocycles. The van der Waals surface area contributed by atoms with Crippen LogP contribution in [-0.4, -0.2) is 23.4 Å². The molecule has 18 heavy (non-hydrogen) atoms. The normalized spacial score (nSPS) is 11.9. The molecule has 0 rings (SSSR count). The fourth-order valence-corrected chi connectivity index (χ4v) is 2.33. The van der Waals surface area contributed by atoms with Crippen LogP contribution in [0.5, 0.6) is 0 Å². The first-order valence-corrected chi connectivity index (χ1v) is 7.69. The van der Waals surface area contributed by atoms with E-state index in [9.17, 15) is 4.79 Å². The average Bonchev–Trinajstić information content (AvgIpc) is 2.28. The van der Waals surface area contributed by atoms with Gasteiger partial charge in [-0.15, -0.1) is 0 Å². The fraction of sp³-hybridized carbons (Fsp3) is 0.938. The lowest BCUT2D eigenvalue weighted by molar-refractivity contribution is -0.142. The van der Waals surface area contributed by atoms with Crippen molar-refractivity contribution in [1.29, 1.82) is 0 Å². The van der Waals surface area contributed by atoms with E-state index in [2.05, 4.69) is 25.7 Å². The van der Waals surface area contributed by atoms with Gasteiger partial charge in [0.15, 0.2) is 0 Å². The van der Waals surface area contributed by atoms with Crippen LogP contribution in [0.1, 0.15) is 80.1 Å². The van der Waals surface area contributed by atoms with Gasteiger partial charge in [0.2, 0.25) is 5.91 Å². The Hall–Kier alpha value is -0.530. The molecule has 0 saturated carbocycles. The first-order chi connectivity index (χ1) is 8.38. The smallest absolute Gasteiger partial charge is 0.228 e. The quantitative estimate of drug-likeness (QED) is 0.619. The maximum absolute atomic E-state index is 12.6. The van der Waals surface area contributed by atoms with E-state index in [1.165, 1.54) is 0 Å². The van der Waals surface area contributed by atoms with Crippen molar-refractivity contribution in [2.45, 2.75) is 86.1 Å². The third kappa shape index (κ3) is 5.88. The van der Waals surface area contributed by atoms with E-state index in [-0.39, 0.29) is 5.41 Å². The Morgan fingerprint density at radius 1 is 1.00 bits per heavy atom. The van der Waals surface area contributed by atoms with E-state index in [0.29, 0.717) is 11.9 Å². The van der Waals surface area contributed by atoms with Crippen molar-refractivity contribution in [2.75, 3.05) is 6.54 Å². The molecule has 0 heterocycles. The summed E-state index contributed by atoms with van der Waals surface area (Å²) in [4.78, 5) is 14.8. The Bertz CT molecular complexity index is 224. The zero-order chi connectivity index (χ0) is 14.2. The number of carbonyl (C=O) groups is 1. The highest BCUT2D eigenvalue weighted by Crippen LogP contribution is 2.23. The van der Waals surface area contributed by atoms with E-state index in [0.717, 1.165) is 45.1 Å². The summed E-state index contributed by atoms with van der Waals surface area (Å²) in [6.07, 6.45) is 6.86. The van der Waals surface area contributed by atoms with Gasteiger partial charge in [0.25, 0.3) is 0 Å². The van der Waals surface area contributed by atoms with Crippen LogP contribution in [0.4, 0.5) is 0 Å². The van der Waals surface area contributed by atoms with Crippen LogP contribution < -0.4 is 0 Å². The number of nitrogens with zero attached hydrogens (tertiary/aromatic N) is 1. The Balaban J connectivity index is 4.86. The largest absolute Gasteiger partial charge is 0.339 e. The van der Waals surface area contributed by atoms with Crippen molar-refractivity contribution in [1.82, 2.24) is 4.90 Å². The second-order valence-electron chi connectivity index (χ2n) is 6.33. The van der Waals surface area contributed by atoms with Gasteiger partial charge in [0.05, 0.1) is 0 Å². The van der Waals surface area contributed by atoms with Crippen LogP contribution in [0.15, 0.2) is 0 Å². The molecule has 0 atom stereocenters. The third-order valence-corrected chi connectivity index (χ3v) is 3.34. The minimum Gasteiger partial charge on any atom is -0.339 e. The summed E-state index contributed by atoms with van der Waals surface area (Å²) >= 11 is 0. The summed E-state index contributed by atoms with van der Waals surface area (Å²) in [5.74, 6) is 0.322. The van der Waals surface area contributed by atoms with Crippen molar-refractivity contribution in [3.63, 3.8) is 0 Å². The molecule has 0 unspecified atom stereocenters. The number of hydrogen-bond donors (Lipinski definition) is 0. The molecule has 1 amide bonds. The molecule has 0 aromatic carbocycles. The van der Waals surface area contributed by atoms with E-state index in [1.807, 2.05) is 20.8 Å². The van der Waals surface area contributed by atoms with Crippen LogP contribution in [0.25, 0.3) is 0 Å². The lowest BCUT2D eigenvalue weighted by Gasteiger charge is -2.36. The van der Waals surface area contributed by atoms with Gasteiger partial charge < -0.3 is 4.90 Å². The maximum Gasteiger partial charge on any atom is 0.228 e. The lowest BCUT2D eigenvalue weighted by Crippen LogP contribution is -2.46. The van der Waals surface area contributed by atoms with Gasteiger partial charge in [0.1, 0.15) is 0 Å². The van der Waals surface area contributed by atoms with Gasteiger partial charge in [-0.25, -0.2) is 0 Å². The molecule has 2 heteroatoms. The molecule has 0 spiro atoms. The van der Waals surface area contributed by atoms with Crippen molar-refractivity contribution in [3.05, 3.63) is 0 Å². The third-order valence-electron chi connectivity index (χ3n) is 3.34. The number of hydrogen-bond acceptors (Lipinski definition) is 1. The first-order valence-electron chi connectivity index (χ1n) is 7.69. The van der Waals surface area contributed by atoms with Gasteiger partial charge in [-0.2, -0.15) is 0 Å². The second-order valence-corrected chi connectivity index (χ2v) is 6.33. The summed E-state index contributed by atoms with van der Waals surface area (Å²) in [7, 11) is 0. The standard InChI is InChI=1S/C16H33NO/c1-7-10-13-17(15(18)16(4,5)6)14(11-8-2)12-9-3/h14H,7-13H2,1-6H3. The molecule has 0 aromatic rings. The first kappa shape index (κ1) is 17.5. The predicted molar refractivity (Wildman–Crippen MR) is 79.7 cm³/mol. The molecule has 0 bridgehead atoms. The Morgan fingerprint density at radius 3 is 1.83 bits per heavy atom. The minimum atomic E-state index is -0.256. The summed E-state index contributed by atoms with van der Waals surface area (Å²) in [5.41, 5.74) is -0.256. The monoisotopic (exact) mass is 255 g/mol. The molecule has 0 N–H and O–H groups in total. The summed E-state index contributed by atoms with van der Waals surface area (Å²) < 4.78 is 0. The van der Waals surface area contributed by atoms with Crippen LogP contribution in [0.3, 0.4) is 0 Å². The van der Waals surface area contributed by atoms with E-state index >= 15 is 0 Å². The molecule has 2 nitrogen and oxygen atoms in total. The number of unbranched alkanes of at least 4 members (excludes halogenated alkanes) is 1. The van der Waals surface area contributed by atoms with Crippen molar-refractivity contribution in [2.24, 2.45) is 5.41 Å². The van der Waals surface area contributed by atoms with Gasteiger partial charge in [-0.05, 0) is 19.3 Å². The highest BCUT2D eigenvalue weighted by atomic mass is 16.2. The predicted octanol–water partition coefficient (Wildman–Crippen LogP) is 4.63. The van der Waals surface area contributed by atoms with Crippen LogP contribution in [0.2, 0.25) is 0 Å². The number of amides is 1. The molecule has 108 valence electrons. The van der Waals surface area contributed by atoms with Crippen LogP contribution in [-0.2, 0) is 4.79 Å². The van der Waals surface area contributed by atoms with Gasteiger partial charge in [0, 0.05) is 18.0 Å². The lowest BCUT2D eigenvalue weighted by atomic mass is 9.92. The average molecular weight is 255 g/mol. The SMILES string of the molecule is CCCCN(C(=O)C(C)(C)C)C(CCC)CCC. The molecule has 0 aliphatic carbocycles. The zero-order valence-corrected chi connectivity index (χ0v) is 13.4. The number of carbonyl (C=O) groups excluding carboxylic acids is 1. The molecule has 0 fully saturated rings. The fourth-order valence-electron chi connectivity index (χ4n) is 2.33. The van der Waals surface area contributed by atoms with Crippen molar-refractivity contribution >= 4 is 5.91 Å². The second kappa shape index (κ2) is 8.55. The van der Waals surface area contributed by atoms with Crippen molar-refractivity contribution < 1.29 is 4.79 Å². The maximum atomic E-state index is 12.6. The Morgan fingerprint density at radius 2 is 1.50 bits per heavy atom. The summed E-state index contributed by atoms with van der Waals surface area (Å²) in [6.45, 7) is 13.6. The highest BCUT2D eigenvalue weighted by Gasteiger charge is 2.30. The molecule has 0 aromatic heterocycles. The van der Waals surface area contributed by atoms with Crippen molar-refractivity contribution in [3.8, 4) is 0 Å². The van der Waals surface area contributed by atoms with Crippen LogP contribution in [0, 0.1) is 5.41 Å². The van der Waals surface area contributed by atoms with Gasteiger partial charge >= 0.3 is 0 Å². The Labute approximate surface area is 114 Å². The zero-order valence-electron chi connectivity index (χ0n) is 13.4. The molecule has 0 aliphatic heterocycles. The van der Waals surface area contributed by atoms with E-state index < -0.39 is 0 Å². The van der Waals surface area contributed by atoms with Gasteiger partial charge in [-0.3, -0.25) is 4.79 Å². The molecule has 0 aliphatic rings. The minimum absolute atomic E-state index is 0.256. The van der Waals surface area contributed by atoms with Crippen LogP contribution >= 0.6 is 0 Å².